The number of aryl methyl sites for hydroxylation is 3. The van der Waals surface area contributed by atoms with Gasteiger partial charge in [-0.3, -0.25) is 4.79 Å². The van der Waals surface area contributed by atoms with Gasteiger partial charge in [0.1, 0.15) is 5.03 Å². The number of carbonyl (C=O) groups excluding carboxylic acids is 1. The largest absolute Gasteiger partial charge is 0.322 e. The summed E-state index contributed by atoms with van der Waals surface area (Å²) >= 11 is 1.63. The minimum absolute atomic E-state index is 0.106. The van der Waals surface area contributed by atoms with Crippen LogP contribution in [0.4, 0.5) is 5.69 Å². The topological polar surface area (TPSA) is 54.9 Å². The fourth-order valence-corrected chi connectivity index (χ4v) is 3.98. The lowest BCUT2D eigenvalue weighted by Gasteiger charge is -2.08. The Kier molecular flexibility index (Phi) is 6.66. The second-order valence-corrected chi connectivity index (χ2v) is 8.86. The van der Waals surface area contributed by atoms with Crippen molar-refractivity contribution in [1.29, 1.82) is 0 Å². The van der Waals surface area contributed by atoms with Crippen LogP contribution in [0.2, 0.25) is 0 Å². The summed E-state index contributed by atoms with van der Waals surface area (Å²) < 4.78 is 0. The van der Waals surface area contributed by atoms with Crippen LogP contribution < -0.4 is 5.32 Å². The number of amides is 1. The molecule has 4 nitrogen and oxygen atoms in total. The molecule has 160 valence electrons. The zero-order valence-corrected chi connectivity index (χ0v) is 19.2. The van der Waals surface area contributed by atoms with Crippen molar-refractivity contribution in [2.24, 2.45) is 0 Å². The molecule has 0 aliphatic rings. The van der Waals surface area contributed by atoms with E-state index >= 15 is 0 Å². The Morgan fingerprint density at radius 2 is 1.56 bits per heavy atom. The van der Waals surface area contributed by atoms with E-state index in [2.05, 4.69) is 53.6 Å². The van der Waals surface area contributed by atoms with E-state index in [0.717, 1.165) is 38.9 Å². The van der Waals surface area contributed by atoms with E-state index in [1.807, 2.05) is 61.5 Å². The second-order valence-electron chi connectivity index (χ2n) is 7.86. The molecule has 1 aromatic heterocycles. The van der Waals surface area contributed by atoms with Crippen LogP contribution >= 0.6 is 11.8 Å². The third-order valence-electron chi connectivity index (χ3n) is 5.36. The van der Waals surface area contributed by atoms with Gasteiger partial charge in [0.25, 0.3) is 5.91 Å². The van der Waals surface area contributed by atoms with Gasteiger partial charge in [-0.05, 0) is 73.9 Å². The van der Waals surface area contributed by atoms with Gasteiger partial charge in [-0.15, -0.1) is 10.2 Å². The quantitative estimate of drug-likeness (QED) is 0.343. The normalized spacial score (nSPS) is 10.7. The average molecular weight is 440 g/mol. The van der Waals surface area contributed by atoms with Crippen molar-refractivity contribution in [3.63, 3.8) is 0 Å². The van der Waals surface area contributed by atoms with Crippen molar-refractivity contribution in [2.75, 3.05) is 5.32 Å². The smallest absolute Gasteiger partial charge is 0.255 e. The van der Waals surface area contributed by atoms with Crippen molar-refractivity contribution in [1.82, 2.24) is 10.2 Å². The fraction of sp³-hybridized carbons (Fsp3) is 0.148. The van der Waals surface area contributed by atoms with Crippen LogP contribution in [0.15, 0.2) is 83.9 Å². The van der Waals surface area contributed by atoms with Crippen LogP contribution in [-0.2, 0) is 5.75 Å². The van der Waals surface area contributed by atoms with E-state index in [-0.39, 0.29) is 5.91 Å². The molecular weight excluding hydrogens is 414 g/mol. The zero-order valence-electron chi connectivity index (χ0n) is 18.4. The predicted octanol–water partition coefficient (Wildman–Crippen LogP) is 6.61. The number of aromatic nitrogens is 2. The van der Waals surface area contributed by atoms with Gasteiger partial charge in [0.2, 0.25) is 0 Å². The summed E-state index contributed by atoms with van der Waals surface area (Å²) in [6, 6.07) is 25.9. The first-order valence-corrected chi connectivity index (χ1v) is 11.5. The molecule has 32 heavy (non-hydrogen) atoms. The third kappa shape index (κ3) is 5.42. The monoisotopic (exact) mass is 439 g/mol. The third-order valence-corrected chi connectivity index (χ3v) is 6.35. The van der Waals surface area contributed by atoms with Gasteiger partial charge < -0.3 is 5.32 Å². The van der Waals surface area contributed by atoms with E-state index in [1.165, 1.54) is 11.1 Å². The molecule has 5 heteroatoms. The van der Waals surface area contributed by atoms with Crippen molar-refractivity contribution in [3.8, 4) is 11.3 Å². The summed E-state index contributed by atoms with van der Waals surface area (Å²) in [7, 11) is 0. The van der Waals surface area contributed by atoms with Crippen LogP contribution in [-0.4, -0.2) is 16.1 Å². The Balaban J connectivity index is 1.34. The molecule has 0 bridgehead atoms. The maximum atomic E-state index is 12.5. The lowest BCUT2D eigenvalue weighted by molar-refractivity contribution is 0.102. The summed E-state index contributed by atoms with van der Waals surface area (Å²) in [5.74, 6) is 0.655. The highest BCUT2D eigenvalue weighted by Crippen LogP contribution is 2.23. The van der Waals surface area contributed by atoms with Gasteiger partial charge in [-0.2, -0.15) is 0 Å². The number of rotatable bonds is 6. The molecule has 0 aliphatic heterocycles. The van der Waals surface area contributed by atoms with Crippen molar-refractivity contribution in [3.05, 3.63) is 107 Å². The minimum atomic E-state index is -0.106. The van der Waals surface area contributed by atoms with Crippen molar-refractivity contribution < 1.29 is 4.79 Å². The first kappa shape index (κ1) is 21.8. The molecule has 0 aliphatic carbocycles. The van der Waals surface area contributed by atoms with E-state index in [0.29, 0.717) is 5.56 Å². The number of thioether (sulfide) groups is 1. The molecule has 0 radical (unpaired) electrons. The number of carbonyl (C=O) groups is 1. The highest BCUT2D eigenvalue weighted by Gasteiger charge is 2.08. The van der Waals surface area contributed by atoms with Gasteiger partial charge >= 0.3 is 0 Å². The summed E-state index contributed by atoms with van der Waals surface area (Å²) in [6.45, 7) is 6.17. The molecule has 0 atom stereocenters. The molecule has 1 amide bonds. The van der Waals surface area contributed by atoms with Gasteiger partial charge in [0, 0.05) is 22.6 Å². The van der Waals surface area contributed by atoms with Crippen LogP contribution in [0, 0.1) is 20.8 Å². The fourth-order valence-electron chi connectivity index (χ4n) is 3.21. The SMILES string of the molecule is Cc1ccc(-c2ccc(SCc3ccc(C(=O)Nc4ccc(C)c(C)c4)cc3)nn2)cc1. The molecule has 0 fully saturated rings. The lowest BCUT2D eigenvalue weighted by Crippen LogP contribution is -2.12. The molecule has 4 aromatic rings. The standard InChI is InChI=1S/C27H25N3OS/c1-18-4-9-22(10-5-18)25-14-15-26(30-29-25)32-17-21-7-11-23(12-8-21)27(31)28-24-13-6-19(2)20(3)16-24/h4-16H,17H2,1-3H3,(H,28,31). The number of nitrogens with zero attached hydrogens (tertiary/aromatic N) is 2. The van der Waals surface area contributed by atoms with Crippen molar-refractivity contribution >= 4 is 23.4 Å². The highest BCUT2D eigenvalue weighted by atomic mass is 32.2. The molecule has 4 rings (SSSR count). The molecule has 0 spiro atoms. The van der Waals surface area contributed by atoms with Gasteiger partial charge in [-0.1, -0.05) is 59.8 Å². The Bertz CT molecular complexity index is 1220. The number of hydrogen-bond acceptors (Lipinski definition) is 4. The molecule has 0 saturated heterocycles. The number of hydrogen-bond donors (Lipinski definition) is 1. The molecule has 1 N–H and O–H groups in total. The van der Waals surface area contributed by atoms with Crippen LogP contribution in [0.1, 0.15) is 32.6 Å². The number of anilines is 1. The van der Waals surface area contributed by atoms with Gasteiger partial charge in [0.05, 0.1) is 5.69 Å². The summed E-state index contributed by atoms with van der Waals surface area (Å²) in [5, 5.41) is 12.5. The Labute approximate surface area is 193 Å². The Morgan fingerprint density at radius 3 is 2.22 bits per heavy atom. The lowest BCUT2D eigenvalue weighted by atomic mass is 10.1. The molecule has 0 saturated carbocycles. The molecule has 3 aromatic carbocycles. The van der Waals surface area contributed by atoms with E-state index in [9.17, 15) is 4.79 Å². The van der Waals surface area contributed by atoms with E-state index < -0.39 is 0 Å². The average Bonchev–Trinajstić information content (AvgIpc) is 2.81. The zero-order chi connectivity index (χ0) is 22.5. The van der Waals surface area contributed by atoms with Gasteiger partial charge in [-0.25, -0.2) is 0 Å². The summed E-state index contributed by atoms with van der Waals surface area (Å²) in [6.07, 6.45) is 0. The molecule has 0 unspecified atom stereocenters. The highest BCUT2D eigenvalue weighted by molar-refractivity contribution is 7.98. The maximum absolute atomic E-state index is 12.5. The Morgan fingerprint density at radius 1 is 0.812 bits per heavy atom. The minimum Gasteiger partial charge on any atom is -0.322 e. The second kappa shape index (κ2) is 9.79. The van der Waals surface area contributed by atoms with E-state index in [4.69, 9.17) is 0 Å². The summed E-state index contributed by atoms with van der Waals surface area (Å²) in [5.41, 5.74) is 8.10. The number of benzene rings is 3. The predicted molar refractivity (Wildman–Crippen MR) is 132 cm³/mol. The van der Waals surface area contributed by atoms with Crippen LogP contribution in [0.3, 0.4) is 0 Å². The van der Waals surface area contributed by atoms with E-state index in [1.54, 1.807) is 11.8 Å². The van der Waals surface area contributed by atoms with Gasteiger partial charge in [0.15, 0.2) is 0 Å². The first-order valence-electron chi connectivity index (χ1n) is 10.5. The first-order chi connectivity index (χ1) is 15.5. The Hall–Kier alpha value is -3.44. The van der Waals surface area contributed by atoms with Crippen LogP contribution in [0.5, 0.6) is 0 Å². The molecule has 1 heterocycles. The molecular formula is C27H25N3OS. The van der Waals surface area contributed by atoms with Crippen LogP contribution in [0.25, 0.3) is 11.3 Å². The number of nitrogens with one attached hydrogen (secondary N) is 1. The maximum Gasteiger partial charge on any atom is 0.255 e. The summed E-state index contributed by atoms with van der Waals surface area (Å²) in [4.78, 5) is 12.5. The van der Waals surface area contributed by atoms with Crippen molar-refractivity contribution in [2.45, 2.75) is 31.6 Å².